The van der Waals surface area contributed by atoms with Crippen LogP contribution in [-0.4, -0.2) is 37.0 Å². The third-order valence-corrected chi connectivity index (χ3v) is 7.39. The summed E-state index contributed by atoms with van der Waals surface area (Å²) in [6, 6.07) is 22.9. The number of hydrogen-bond donors (Lipinski definition) is 1. The van der Waals surface area contributed by atoms with Gasteiger partial charge in [0, 0.05) is 35.9 Å². The maximum absolute atomic E-state index is 13.2. The Morgan fingerprint density at radius 2 is 1.75 bits per heavy atom. The van der Waals surface area contributed by atoms with E-state index in [1.165, 1.54) is 5.56 Å². The van der Waals surface area contributed by atoms with Gasteiger partial charge in [0.15, 0.2) is 0 Å². The molecule has 186 valence electrons. The Kier molecular flexibility index (Phi) is 7.47. The predicted molar refractivity (Wildman–Crippen MR) is 146 cm³/mol. The highest BCUT2D eigenvalue weighted by Crippen LogP contribution is 2.41. The molecule has 36 heavy (non-hydrogen) atoms. The van der Waals surface area contributed by atoms with Crippen LogP contribution in [0.1, 0.15) is 53.7 Å². The van der Waals surface area contributed by atoms with E-state index in [1.807, 2.05) is 43.3 Å². The molecule has 1 saturated heterocycles. The Labute approximate surface area is 214 Å². The Balaban J connectivity index is 1.58. The Hall–Kier alpha value is -3.62. The number of nitrogens with zero attached hydrogens (tertiary/aromatic N) is 2. The van der Waals surface area contributed by atoms with Crippen LogP contribution in [0.5, 0.6) is 5.75 Å². The molecule has 1 aliphatic rings. The summed E-state index contributed by atoms with van der Waals surface area (Å²) in [7, 11) is 1.63. The zero-order chi connectivity index (χ0) is 25.9. The SMILES string of the molecule is COc1ccc(NC(=O)c2ccc(-c3cccc(C)c3)cc2C)cc1C1(C#N)CCN(C(C)C)CC1. The molecule has 0 aliphatic carbocycles. The van der Waals surface area contributed by atoms with Crippen molar-refractivity contribution in [3.8, 4) is 22.9 Å². The van der Waals surface area contributed by atoms with Crippen LogP contribution in [0.3, 0.4) is 0 Å². The highest BCUT2D eigenvalue weighted by molar-refractivity contribution is 6.05. The number of carbonyl (C=O) groups excluding carboxylic acids is 1. The molecule has 1 N–H and O–H groups in total. The predicted octanol–water partition coefficient (Wildman–Crippen LogP) is 6.50. The molecule has 1 amide bonds. The lowest BCUT2D eigenvalue weighted by molar-refractivity contribution is 0.102. The van der Waals surface area contributed by atoms with Gasteiger partial charge < -0.3 is 15.0 Å². The second kappa shape index (κ2) is 10.6. The minimum atomic E-state index is -0.636. The van der Waals surface area contributed by atoms with Crippen LogP contribution >= 0.6 is 0 Å². The minimum Gasteiger partial charge on any atom is -0.496 e. The van der Waals surface area contributed by atoms with Gasteiger partial charge in [-0.3, -0.25) is 4.79 Å². The molecule has 1 aliphatic heterocycles. The van der Waals surface area contributed by atoms with Crippen molar-refractivity contribution >= 4 is 11.6 Å². The zero-order valence-corrected chi connectivity index (χ0v) is 21.9. The van der Waals surface area contributed by atoms with Gasteiger partial charge in [0.25, 0.3) is 5.91 Å². The summed E-state index contributed by atoms with van der Waals surface area (Å²) in [5, 5.41) is 13.3. The molecule has 3 aromatic rings. The number of carbonyl (C=O) groups is 1. The lowest BCUT2D eigenvalue weighted by Crippen LogP contribution is -2.44. The van der Waals surface area contributed by atoms with Crippen molar-refractivity contribution in [1.82, 2.24) is 4.90 Å². The first-order valence-electron chi connectivity index (χ1n) is 12.6. The number of aryl methyl sites for hydroxylation is 2. The largest absolute Gasteiger partial charge is 0.496 e. The molecule has 3 aromatic carbocycles. The maximum atomic E-state index is 13.2. The van der Waals surface area contributed by atoms with E-state index >= 15 is 0 Å². The third-order valence-electron chi connectivity index (χ3n) is 7.39. The average Bonchev–Trinajstić information content (AvgIpc) is 2.88. The number of amides is 1. The molecular formula is C31H35N3O2. The van der Waals surface area contributed by atoms with Crippen LogP contribution < -0.4 is 10.1 Å². The van der Waals surface area contributed by atoms with Crippen molar-refractivity contribution in [3.05, 3.63) is 82.9 Å². The van der Waals surface area contributed by atoms with Crippen LogP contribution in [0, 0.1) is 25.2 Å². The molecular weight excluding hydrogens is 446 g/mol. The molecule has 4 rings (SSSR count). The average molecular weight is 482 g/mol. The van der Waals surface area contributed by atoms with E-state index in [9.17, 15) is 10.1 Å². The number of nitriles is 1. The maximum Gasteiger partial charge on any atom is 0.255 e. The second-order valence-electron chi connectivity index (χ2n) is 10.1. The number of hydrogen-bond acceptors (Lipinski definition) is 4. The van der Waals surface area contributed by atoms with Crippen molar-refractivity contribution in [2.45, 2.75) is 52.0 Å². The Morgan fingerprint density at radius 3 is 2.36 bits per heavy atom. The molecule has 0 unspecified atom stereocenters. The monoisotopic (exact) mass is 481 g/mol. The van der Waals surface area contributed by atoms with Crippen molar-refractivity contribution in [1.29, 1.82) is 5.26 Å². The lowest BCUT2D eigenvalue weighted by Gasteiger charge is -2.40. The summed E-state index contributed by atoms with van der Waals surface area (Å²) in [5.41, 5.74) is 5.84. The number of ether oxygens (including phenoxy) is 1. The molecule has 1 heterocycles. The molecule has 0 spiro atoms. The minimum absolute atomic E-state index is 0.167. The fraction of sp³-hybridized carbons (Fsp3) is 0.355. The standard InChI is InChI=1S/C31H35N3O2/c1-21(2)34-15-13-31(20-32,14-16-34)28-19-26(10-12-29(28)36-5)33-30(35)27-11-9-25(18-23(27)4)24-8-6-7-22(3)17-24/h6-12,17-19,21H,13-16H2,1-5H3,(H,33,35). The zero-order valence-electron chi connectivity index (χ0n) is 21.9. The summed E-state index contributed by atoms with van der Waals surface area (Å²) in [4.78, 5) is 15.6. The topological polar surface area (TPSA) is 65.4 Å². The highest BCUT2D eigenvalue weighted by Gasteiger charge is 2.39. The summed E-state index contributed by atoms with van der Waals surface area (Å²) in [6.07, 6.45) is 1.46. The molecule has 0 radical (unpaired) electrons. The highest BCUT2D eigenvalue weighted by atomic mass is 16.5. The normalized spacial score (nSPS) is 15.4. The third kappa shape index (κ3) is 5.15. The molecule has 0 bridgehead atoms. The fourth-order valence-corrected chi connectivity index (χ4v) is 5.14. The number of anilines is 1. The van der Waals surface area contributed by atoms with Gasteiger partial charge in [0.05, 0.1) is 18.6 Å². The molecule has 0 atom stereocenters. The smallest absolute Gasteiger partial charge is 0.255 e. The van der Waals surface area contributed by atoms with Gasteiger partial charge in [-0.15, -0.1) is 0 Å². The summed E-state index contributed by atoms with van der Waals surface area (Å²) in [6.45, 7) is 10.1. The van der Waals surface area contributed by atoms with Gasteiger partial charge in [-0.2, -0.15) is 5.26 Å². The first-order chi connectivity index (χ1) is 17.3. The van der Waals surface area contributed by atoms with Crippen molar-refractivity contribution < 1.29 is 9.53 Å². The first kappa shape index (κ1) is 25.5. The van der Waals surface area contributed by atoms with Crippen LogP contribution in [0.4, 0.5) is 5.69 Å². The van der Waals surface area contributed by atoms with E-state index < -0.39 is 5.41 Å². The molecule has 0 saturated carbocycles. The number of likely N-dealkylation sites (tertiary alicyclic amines) is 1. The van der Waals surface area contributed by atoms with E-state index in [2.05, 4.69) is 61.3 Å². The van der Waals surface area contributed by atoms with Gasteiger partial charge in [-0.1, -0.05) is 42.0 Å². The molecule has 5 heteroatoms. The first-order valence-corrected chi connectivity index (χ1v) is 12.6. The van der Waals surface area contributed by atoms with Gasteiger partial charge in [0.2, 0.25) is 0 Å². The van der Waals surface area contributed by atoms with E-state index in [4.69, 9.17) is 4.74 Å². The van der Waals surface area contributed by atoms with Crippen molar-refractivity contribution in [2.75, 3.05) is 25.5 Å². The van der Waals surface area contributed by atoms with Gasteiger partial charge >= 0.3 is 0 Å². The number of rotatable bonds is 6. The van der Waals surface area contributed by atoms with Crippen LogP contribution in [0.2, 0.25) is 0 Å². The number of benzene rings is 3. The van der Waals surface area contributed by atoms with E-state index in [-0.39, 0.29) is 5.91 Å². The van der Waals surface area contributed by atoms with Crippen molar-refractivity contribution in [2.24, 2.45) is 0 Å². The second-order valence-corrected chi connectivity index (χ2v) is 10.1. The van der Waals surface area contributed by atoms with E-state index in [1.54, 1.807) is 7.11 Å². The lowest BCUT2D eigenvalue weighted by atomic mass is 9.73. The molecule has 5 nitrogen and oxygen atoms in total. The quantitative estimate of drug-likeness (QED) is 0.437. The Morgan fingerprint density at radius 1 is 1.03 bits per heavy atom. The number of methoxy groups -OCH3 is 1. The van der Waals surface area contributed by atoms with Gasteiger partial charge in [-0.25, -0.2) is 0 Å². The number of nitrogens with one attached hydrogen (secondary N) is 1. The van der Waals surface area contributed by atoms with Gasteiger partial charge in [0.1, 0.15) is 5.75 Å². The fourth-order valence-electron chi connectivity index (χ4n) is 5.14. The molecule has 1 fully saturated rings. The summed E-state index contributed by atoms with van der Waals surface area (Å²) >= 11 is 0. The van der Waals surface area contributed by atoms with E-state index in [0.717, 1.165) is 48.2 Å². The van der Waals surface area contributed by atoms with Crippen LogP contribution in [0.25, 0.3) is 11.1 Å². The summed E-state index contributed by atoms with van der Waals surface area (Å²) < 4.78 is 5.65. The van der Waals surface area contributed by atoms with Crippen LogP contribution in [0.15, 0.2) is 60.7 Å². The number of piperidine rings is 1. The van der Waals surface area contributed by atoms with Gasteiger partial charge in [-0.05, 0) is 81.5 Å². The van der Waals surface area contributed by atoms with E-state index in [0.29, 0.717) is 23.0 Å². The molecule has 0 aromatic heterocycles. The van der Waals surface area contributed by atoms with Crippen LogP contribution in [-0.2, 0) is 5.41 Å². The Bertz CT molecular complexity index is 1300. The summed E-state index contributed by atoms with van der Waals surface area (Å²) in [5.74, 6) is 0.520. The van der Waals surface area contributed by atoms with Crippen molar-refractivity contribution in [3.63, 3.8) is 0 Å².